The molecule has 1 unspecified atom stereocenters. The van der Waals surface area contributed by atoms with Crippen LogP contribution in [0.2, 0.25) is 0 Å². The van der Waals surface area contributed by atoms with Gasteiger partial charge >= 0.3 is 6.03 Å². The number of anilines is 1. The zero-order valence-electron chi connectivity index (χ0n) is 13.3. The van der Waals surface area contributed by atoms with Crippen LogP contribution in [-0.4, -0.2) is 61.3 Å². The van der Waals surface area contributed by atoms with Crippen molar-refractivity contribution in [2.45, 2.75) is 25.9 Å². The lowest BCUT2D eigenvalue weighted by atomic mass is 10.2. The van der Waals surface area contributed by atoms with Crippen LogP contribution in [0.15, 0.2) is 24.3 Å². The third kappa shape index (κ3) is 3.99. The summed E-state index contributed by atoms with van der Waals surface area (Å²) in [5.74, 6) is 0. The first-order chi connectivity index (χ1) is 10.7. The highest BCUT2D eigenvalue weighted by atomic mass is 16.5. The molecule has 2 heterocycles. The van der Waals surface area contributed by atoms with Crippen molar-refractivity contribution in [2.75, 3.05) is 44.6 Å². The molecule has 2 amide bonds. The Balaban J connectivity index is 1.45. The minimum atomic E-state index is 0.00219. The molecule has 3 rings (SSSR count). The summed E-state index contributed by atoms with van der Waals surface area (Å²) in [6, 6.07) is 7.91. The summed E-state index contributed by atoms with van der Waals surface area (Å²) in [5.41, 5.74) is 2.02. The minimum Gasteiger partial charge on any atom is -0.377 e. The molecule has 0 aromatic heterocycles. The number of benzene rings is 1. The summed E-state index contributed by atoms with van der Waals surface area (Å²) in [6.07, 6.45) is 2.75. The Morgan fingerprint density at radius 1 is 1.32 bits per heavy atom. The fourth-order valence-electron chi connectivity index (χ4n) is 3.14. The maximum Gasteiger partial charge on any atom is 0.321 e. The normalized spacial score (nSPS) is 22.8. The van der Waals surface area contributed by atoms with Crippen LogP contribution in [0, 0.1) is 6.92 Å². The van der Waals surface area contributed by atoms with E-state index in [1.807, 2.05) is 36.1 Å². The number of carbonyl (C=O) groups excluding carboxylic acids is 1. The molecule has 5 heteroatoms. The van der Waals surface area contributed by atoms with Crippen LogP contribution in [0.1, 0.15) is 18.4 Å². The number of nitrogens with one attached hydrogen (secondary N) is 1. The number of piperazine rings is 1. The van der Waals surface area contributed by atoms with Gasteiger partial charge in [-0.2, -0.15) is 0 Å². The number of carbonyl (C=O) groups is 1. The third-order valence-corrected chi connectivity index (χ3v) is 4.41. The largest absolute Gasteiger partial charge is 0.377 e. The van der Waals surface area contributed by atoms with Gasteiger partial charge in [0.1, 0.15) is 0 Å². The van der Waals surface area contributed by atoms with Crippen LogP contribution >= 0.6 is 0 Å². The molecule has 0 bridgehead atoms. The highest BCUT2D eigenvalue weighted by molar-refractivity contribution is 5.89. The number of aryl methyl sites for hydroxylation is 1. The van der Waals surface area contributed by atoms with Crippen molar-refractivity contribution < 1.29 is 9.53 Å². The monoisotopic (exact) mass is 303 g/mol. The Bertz CT molecular complexity index is 506. The van der Waals surface area contributed by atoms with Crippen LogP contribution in [-0.2, 0) is 4.74 Å². The SMILES string of the molecule is Cc1cccc(NC(=O)N2CCN(CC3CCCO3)CC2)c1. The molecule has 2 saturated heterocycles. The molecule has 1 N–H and O–H groups in total. The van der Waals surface area contributed by atoms with E-state index in [0.717, 1.165) is 50.6 Å². The first-order valence-corrected chi connectivity index (χ1v) is 8.17. The van der Waals surface area contributed by atoms with Gasteiger partial charge in [-0.25, -0.2) is 4.79 Å². The number of amides is 2. The van der Waals surface area contributed by atoms with Crippen LogP contribution in [0.25, 0.3) is 0 Å². The molecule has 0 saturated carbocycles. The molecule has 22 heavy (non-hydrogen) atoms. The summed E-state index contributed by atoms with van der Waals surface area (Å²) in [7, 11) is 0. The Hall–Kier alpha value is -1.59. The maximum atomic E-state index is 12.3. The topological polar surface area (TPSA) is 44.8 Å². The smallest absolute Gasteiger partial charge is 0.321 e. The molecule has 2 aliphatic rings. The molecule has 0 spiro atoms. The molecule has 2 fully saturated rings. The van der Waals surface area contributed by atoms with Gasteiger partial charge in [-0.3, -0.25) is 4.90 Å². The molecule has 2 aliphatic heterocycles. The number of nitrogens with zero attached hydrogens (tertiary/aromatic N) is 2. The number of hydrogen-bond donors (Lipinski definition) is 1. The Labute approximate surface area is 132 Å². The van der Waals surface area contributed by atoms with Gasteiger partial charge in [-0.1, -0.05) is 12.1 Å². The predicted molar refractivity (Wildman–Crippen MR) is 87.2 cm³/mol. The highest BCUT2D eigenvalue weighted by Crippen LogP contribution is 2.15. The van der Waals surface area contributed by atoms with E-state index >= 15 is 0 Å². The predicted octanol–water partition coefficient (Wildman–Crippen LogP) is 2.32. The van der Waals surface area contributed by atoms with Gasteiger partial charge in [-0.05, 0) is 37.5 Å². The van der Waals surface area contributed by atoms with Gasteiger partial charge in [0.15, 0.2) is 0 Å². The molecule has 1 atom stereocenters. The fourth-order valence-corrected chi connectivity index (χ4v) is 3.14. The molecule has 0 radical (unpaired) electrons. The van der Waals surface area contributed by atoms with Crippen molar-refractivity contribution in [2.24, 2.45) is 0 Å². The van der Waals surface area contributed by atoms with Gasteiger partial charge in [0.25, 0.3) is 0 Å². The number of rotatable bonds is 3. The van der Waals surface area contributed by atoms with E-state index < -0.39 is 0 Å². The lowest BCUT2D eigenvalue weighted by Crippen LogP contribution is -2.51. The second-order valence-corrected chi connectivity index (χ2v) is 6.22. The lowest BCUT2D eigenvalue weighted by Gasteiger charge is -2.35. The quantitative estimate of drug-likeness (QED) is 0.932. The molecule has 1 aromatic rings. The molecular formula is C17H25N3O2. The van der Waals surface area contributed by atoms with Gasteiger partial charge in [0.05, 0.1) is 6.10 Å². The van der Waals surface area contributed by atoms with E-state index in [-0.39, 0.29) is 6.03 Å². The Morgan fingerprint density at radius 2 is 2.14 bits per heavy atom. The van der Waals surface area contributed by atoms with E-state index in [1.165, 1.54) is 12.8 Å². The number of urea groups is 1. The van der Waals surface area contributed by atoms with Crippen LogP contribution < -0.4 is 5.32 Å². The van der Waals surface area contributed by atoms with Crippen LogP contribution in [0.5, 0.6) is 0 Å². The second-order valence-electron chi connectivity index (χ2n) is 6.22. The first-order valence-electron chi connectivity index (χ1n) is 8.17. The molecule has 1 aromatic carbocycles. The van der Waals surface area contributed by atoms with Crippen molar-refractivity contribution in [3.63, 3.8) is 0 Å². The van der Waals surface area contributed by atoms with Gasteiger partial charge in [-0.15, -0.1) is 0 Å². The van der Waals surface area contributed by atoms with Crippen molar-refractivity contribution in [1.29, 1.82) is 0 Å². The summed E-state index contributed by atoms with van der Waals surface area (Å²) >= 11 is 0. The van der Waals surface area contributed by atoms with Crippen molar-refractivity contribution in [1.82, 2.24) is 9.80 Å². The van der Waals surface area contributed by atoms with Crippen LogP contribution in [0.4, 0.5) is 10.5 Å². The number of hydrogen-bond acceptors (Lipinski definition) is 3. The van der Waals surface area contributed by atoms with E-state index in [2.05, 4.69) is 10.2 Å². The molecule has 0 aliphatic carbocycles. The Morgan fingerprint density at radius 3 is 2.82 bits per heavy atom. The fraction of sp³-hybridized carbons (Fsp3) is 0.588. The third-order valence-electron chi connectivity index (χ3n) is 4.41. The van der Waals surface area contributed by atoms with Crippen molar-refractivity contribution in [3.8, 4) is 0 Å². The zero-order valence-corrected chi connectivity index (χ0v) is 13.3. The molecule has 5 nitrogen and oxygen atoms in total. The standard InChI is InChI=1S/C17H25N3O2/c1-14-4-2-5-15(12-14)18-17(21)20-9-7-19(8-10-20)13-16-6-3-11-22-16/h2,4-5,12,16H,3,6-11,13H2,1H3,(H,18,21). The van der Waals surface area contributed by atoms with Crippen molar-refractivity contribution >= 4 is 11.7 Å². The van der Waals surface area contributed by atoms with Gasteiger partial charge < -0.3 is 15.0 Å². The lowest BCUT2D eigenvalue weighted by molar-refractivity contribution is 0.0572. The summed E-state index contributed by atoms with van der Waals surface area (Å²) in [5, 5.41) is 2.98. The van der Waals surface area contributed by atoms with Crippen molar-refractivity contribution in [3.05, 3.63) is 29.8 Å². The zero-order chi connectivity index (χ0) is 15.4. The summed E-state index contributed by atoms with van der Waals surface area (Å²) < 4.78 is 5.69. The average molecular weight is 303 g/mol. The van der Waals surface area contributed by atoms with E-state index in [1.54, 1.807) is 0 Å². The minimum absolute atomic E-state index is 0.00219. The molecular weight excluding hydrogens is 278 g/mol. The maximum absolute atomic E-state index is 12.3. The summed E-state index contributed by atoms with van der Waals surface area (Å²) in [4.78, 5) is 16.6. The van der Waals surface area contributed by atoms with E-state index in [4.69, 9.17) is 4.74 Å². The number of ether oxygens (including phenoxy) is 1. The van der Waals surface area contributed by atoms with Crippen LogP contribution in [0.3, 0.4) is 0 Å². The van der Waals surface area contributed by atoms with Gasteiger partial charge in [0.2, 0.25) is 0 Å². The van der Waals surface area contributed by atoms with E-state index in [9.17, 15) is 4.79 Å². The highest BCUT2D eigenvalue weighted by Gasteiger charge is 2.24. The molecule has 120 valence electrons. The Kier molecular flexibility index (Phi) is 4.95. The first kappa shape index (κ1) is 15.3. The van der Waals surface area contributed by atoms with Gasteiger partial charge in [0, 0.05) is 45.0 Å². The average Bonchev–Trinajstić information content (AvgIpc) is 3.01. The van der Waals surface area contributed by atoms with E-state index in [0.29, 0.717) is 6.10 Å². The summed E-state index contributed by atoms with van der Waals surface area (Å²) in [6.45, 7) is 7.37. The second kappa shape index (κ2) is 7.11.